The summed E-state index contributed by atoms with van der Waals surface area (Å²) in [6.07, 6.45) is 2.50. The molecule has 0 spiro atoms. The number of nitriles is 1. The predicted molar refractivity (Wildman–Crippen MR) is 94.6 cm³/mol. The fourth-order valence-electron chi connectivity index (χ4n) is 1.90. The molecule has 0 heterocycles. The van der Waals surface area contributed by atoms with Crippen molar-refractivity contribution in [2.45, 2.75) is 0 Å². The third kappa shape index (κ3) is 5.15. The lowest BCUT2D eigenvalue weighted by Gasteiger charge is -2.09. The van der Waals surface area contributed by atoms with Crippen molar-refractivity contribution in [1.82, 2.24) is 0 Å². The topological polar surface area (TPSA) is 70.0 Å². The van der Waals surface area contributed by atoms with Crippen molar-refractivity contribution in [3.63, 3.8) is 0 Å². The van der Waals surface area contributed by atoms with Crippen molar-refractivity contribution in [2.75, 3.05) is 5.32 Å². The second-order valence-electron chi connectivity index (χ2n) is 4.96. The smallest absolute Gasteiger partial charge is 0.249 e. The van der Waals surface area contributed by atoms with E-state index in [4.69, 9.17) is 28.5 Å². The highest BCUT2D eigenvalue weighted by atomic mass is 35.5. The van der Waals surface area contributed by atoms with Crippen molar-refractivity contribution in [3.05, 3.63) is 70.0 Å². The molecule has 0 saturated carbocycles. The first-order chi connectivity index (χ1) is 11.9. The Morgan fingerprint density at radius 2 is 1.84 bits per heavy atom. The van der Waals surface area contributed by atoms with Gasteiger partial charge in [-0.1, -0.05) is 41.4 Å². The van der Waals surface area contributed by atoms with Gasteiger partial charge in [0, 0.05) is 5.02 Å². The highest BCUT2D eigenvalue weighted by Gasteiger charge is 2.25. The van der Waals surface area contributed by atoms with E-state index in [0.717, 1.165) is 6.08 Å². The van der Waals surface area contributed by atoms with Gasteiger partial charge < -0.3 is 5.32 Å². The number of allylic oxidation sites excluding steroid dienone is 1. The van der Waals surface area contributed by atoms with Gasteiger partial charge in [-0.15, -0.1) is 0 Å². The van der Waals surface area contributed by atoms with Gasteiger partial charge in [0.05, 0.1) is 16.8 Å². The molecule has 1 unspecified atom stereocenters. The Hall–Kier alpha value is -2.68. The number of nitrogens with one attached hydrogen (secondary N) is 1. The molecule has 7 heteroatoms. The van der Waals surface area contributed by atoms with Gasteiger partial charge in [-0.05, 0) is 42.0 Å². The maximum atomic E-state index is 12.8. The summed E-state index contributed by atoms with van der Waals surface area (Å²) in [6.45, 7) is 0. The lowest BCUT2D eigenvalue weighted by Crippen LogP contribution is -2.27. The standard InChI is InChI=1S/C18H11Cl2FN2O2/c19-12-4-7-16(15(20)9-12)23-18(25)14(10-22)17(24)8-3-11-1-5-13(21)6-2-11/h1-9,14H,(H,23,25)/b8-3+. The molecule has 2 aromatic carbocycles. The van der Waals surface area contributed by atoms with Gasteiger partial charge in [0.2, 0.25) is 5.91 Å². The Labute approximate surface area is 153 Å². The summed E-state index contributed by atoms with van der Waals surface area (Å²) >= 11 is 11.7. The Kier molecular flexibility index (Phi) is 6.29. The number of halogens is 3. The molecule has 0 radical (unpaired) electrons. The van der Waals surface area contributed by atoms with Crippen LogP contribution in [0.3, 0.4) is 0 Å². The maximum absolute atomic E-state index is 12.8. The lowest BCUT2D eigenvalue weighted by atomic mass is 10.0. The summed E-state index contributed by atoms with van der Waals surface area (Å²) in [6, 6.07) is 11.5. The zero-order valence-electron chi connectivity index (χ0n) is 12.7. The van der Waals surface area contributed by atoms with E-state index >= 15 is 0 Å². The number of benzene rings is 2. The van der Waals surface area contributed by atoms with Gasteiger partial charge in [-0.3, -0.25) is 9.59 Å². The van der Waals surface area contributed by atoms with Gasteiger partial charge in [-0.2, -0.15) is 5.26 Å². The Morgan fingerprint density at radius 1 is 1.16 bits per heavy atom. The van der Waals surface area contributed by atoms with E-state index < -0.39 is 23.4 Å². The minimum Gasteiger partial charge on any atom is -0.323 e. The third-order valence-corrected chi connectivity index (χ3v) is 3.72. The van der Waals surface area contributed by atoms with Gasteiger partial charge in [-0.25, -0.2) is 4.39 Å². The Bertz CT molecular complexity index is 874. The number of ketones is 1. The van der Waals surface area contributed by atoms with Crippen LogP contribution in [0.25, 0.3) is 6.08 Å². The van der Waals surface area contributed by atoms with E-state index in [2.05, 4.69) is 5.32 Å². The normalized spacial score (nSPS) is 11.8. The largest absolute Gasteiger partial charge is 0.323 e. The van der Waals surface area contributed by atoms with Crippen molar-refractivity contribution >= 4 is 46.7 Å². The molecular weight excluding hydrogens is 366 g/mol. The molecular formula is C18H11Cl2FN2O2. The summed E-state index contributed by atoms with van der Waals surface area (Å²) < 4.78 is 12.8. The molecule has 0 aromatic heterocycles. The molecule has 1 N–H and O–H groups in total. The Morgan fingerprint density at radius 3 is 2.44 bits per heavy atom. The minimum atomic E-state index is -1.54. The monoisotopic (exact) mass is 376 g/mol. The molecule has 0 aliphatic rings. The second-order valence-corrected chi connectivity index (χ2v) is 5.81. The first-order valence-electron chi connectivity index (χ1n) is 7.03. The van der Waals surface area contributed by atoms with Gasteiger partial charge >= 0.3 is 0 Å². The number of hydrogen-bond acceptors (Lipinski definition) is 3. The first-order valence-corrected chi connectivity index (χ1v) is 7.79. The number of nitrogens with zero attached hydrogens (tertiary/aromatic N) is 1. The highest BCUT2D eigenvalue weighted by molar-refractivity contribution is 6.36. The lowest BCUT2D eigenvalue weighted by molar-refractivity contribution is -0.126. The van der Waals surface area contributed by atoms with E-state index in [0.29, 0.717) is 10.6 Å². The van der Waals surface area contributed by atoms with Crippen LogP contribution in [-0.2, 0) is 9.59 Å². The number of carbonyl (C=O) groups excluding carboxylic acids is 2. The molecule has 126 valence electrons. The van der Waals surface area contributed by atoms with E-state index in [1.165, 1.54) is 48.5 Å². The maximum Gasteiger partial charge on any atom is 0.249 e. The minimum absolute atomic E-state index is 0.187. The van der Waals surface area contributed by atoms with Crippen LogP contribution in [0.15, 0.2) is 48.5 Å². The van der Waals surface area contributed by atoms with E-state index in [9.17, 15) is 14.0 Å². The summed E-state index contributed by atoms with van der Waals surface area (Å²) in [5.74, 6) is -3.45. The molecule has 0 saturated heterocycles. The molecule has 0 fully saturated rings. The van der Waals surface area contributed by atoms with E-state index in [-0.39, 0.29) is 10.7 Å². The van der Waals surface area contributed by atoms with Crippen LogP contribution < -0.4 is 5.32 Å². The molecule has 4 nitrogen and oxygen atoms in total. The first kappa shape index (κ1) is 18.7. The van der Waals surface area contributed by atoms with E-state index in [1.54, 1.807) is 6.07 Å². The number of rotatable bonds is 5. The van der Waals surface area contributed by atoms with Crippen LogP contribution in [0.2, 0.25) is 10.0 Å². The molecule has 2 aromatic rings. The second kappa shape index (κ2) is 8.43. The molecule has 1 atom stereocenters. The van der Waals surface area contributed by atoms with Crippen molar-refractivity contribution in [1.29, 1.82) is 5.26 Å². The van der Waals surface area contributed by atoms with Crippen LogP contribution in [0.1, 0.15) is 5.56 Å². The SMILES string of the molecule is N#CC(C(=O)/C=C/c1ccc(F)cc1)C(=O)Nc1ccc(Cl)cc1Cl. The van der Waals surface area contributed by atoms with Crippen molar-refractivity contribution in [3.8, 4) is 6.07 Å². The van der Waals surface area contributed by atoms with Crippen LogP contribution in [0.4, 0.5) is 10.1 Å². The van der Waals surface area contributed by atoms with Gasteiger partial charge in [0.15, 0.2) is 11.7 Å². The molecule has 0 bridgehead atoms. The van der Waals surface area contributed by atoms with Gasteiger partial charge in [0.1, 0.15) is 5.82 Å². The third-order valence-electron chi connectivity index (χ3n) is 3.17. The number of amides is 1. The number of carbonyl (C=O) groups is 2. The summed E-state index contributed by atoms with van der Waals surface area (Å²) in [7, 11) is 0. The van der Waals surface area contributed by atoms with Crippen molar-refractivity contribution in [2.24, 2.45) is 5.92 Å². The van der Waals surface area contributed by atoms with E-state index in [1.807, 2.05) is 0 Å². The fourth-order valence-corrected chi connectivity index (χ4v) is 2.35. The molecule has 2 rings (SSSR count). The fraction of sp³-hybridized carbons (Fsp3) is 0.0556. The predicted octanol–water partition coefficient (Wildman–Crippen LogP) is 4.49. The van der Waals surface area contributed by atoms with Crippen molar-refractivity contribution < 1.29 is 14.0 Å². The zero-order chi connectivity index (χ0) is 18.4. The van der Waals surface area contributed by atoms with Crippen LogP contribution >= 0.6 is 23.2 Å². The van der Waals surface area contributed by atoms with Crippen LogP contribution in [0, 0.1) is 23.1 Å². The van der Waals surface area contributed by atoms with Gasteiger partial charge in [0.25, 0.3) is 0 Å². The number of anilines is 1. The summed E-state index contributed by atoms with van der Waals surface area (Å²) in [4.78, 5) is 24.2. The number of hydrogen-bond donors (Lipinski definition) is 1. The highest BCUT2D eigenvalue weighted by Crippen LogP contribution is 2.25. The molecule has 0 aliphatic carbocycles. The summed E-state index contributed by atoms with van der Waals surface area (Å²) in [5, 5.41) is 12.1. The Balaban J connectivity index is 2.09. The summed E-state index contributed by atoms with van der Waals surface area (Å²) in [5.41, 5.74) is 0.805. The molecule has 25 heavy (non-hydrogen) atoms. The molecule has 0 aliphatic heterocycles. The average Bonchev–Trinajstić information content (AvgIpc) is 2.57. The average molecular weight is 377 g/mol. The zero-order valence-corrected chi connectivity index (χ0v) is 14.2. The van der Waals surface area contributed by atoms with Crippen LogP contribution in [0.5, 0.6) is 0 Å². The van der Waals surface area contributed by atoms with Crippen LogP contribution in [-0.4, -0.2) is 11.7 Å². The molecule has 1 amide bonds. The quantitative estimate of drug-likeness (QED) is 0.617.